The molecule has 0 radical (unpaired) electrons. The van der Waals surface area contributed by atoms with E-state index in [4.69, 9.17) is 23.7 Å². The molecule has 0 fully saturated rings. The Hall–Kier alpha value is -4.13. The zero-order valence-corrected chi connectivity index (χ0v) is 21.1. The third kappa shape index (κ3) is 4.04. The van der Waals surface area contributed by atoms with Crippen LogP contribution in [0.4, 0.5) is 5.69 Å². The lowest BCUT2D eigenvalue weighted by atomic mass is 9.72. The van der Waals surface area contributed by atoms with Crippen molar-refractivity contribution >= 4 is 11.5 Å². The monoisotopic (exact) mass is 499 g/mol. The van der Waals surface area contributed by atoms with Crippen LogP contribution in [-0.4, -0.2) is 33.4 Å². The highest BCUT2D eigenvalue weighted by Gasteiger charge is 2.39. The summed E-state index contributed by atoms with van der Waals surface area (Å²) in [5.41, 5.74) is 5.78. The number of carbonyl (C=O) groups excluding carboxylic acids is 1. The van der Waals surface area contributed by atoms with E-state index >= 15 is 0 Å². The van der Waals surface area contributed by atoms with E-state index in [9.17, 15) is 4.79 Å². The highest BCUT2D eigenvalue weighted by Crippen LogP contribution is 2.51. The normalized spacial score (nSPS) is 19.6. The highest BCUT2D eigenvalue weighted by molar-refractivity contribution is 6.02. The van der Waals surface area contributed by atoms with Gasteiger partial charge in [-0.15, -0.1) is 0 Å². The van der Waals surface area contributed by atoms with E-state index in [0.717, 1.165) is 39.4 Å². The average Bonchev–Trinajstić information content (AvgIpc) is 3.38. The van der Waals surface area contributed by atoms with E-state index in [2.05, 4.69) is 5.32 Å². The van der Waals surface area contributed by atoms with Crippen LogP contribution in [0.5, 0.6) is 28.7 Å². The molecule has 7 heteroatoms. The molecule has 0 saturated carbocycles. The van der Waals surface area contributed by atoms with Gasteiger partial charge in [-0.25, -0.2) is 0 Å². The van der Waals surface area contributed by atoms with Crippen LogP contribution in [0.1, 0.15) is 48.3 Å². The maximum atomic E-state index is 13.9. The summed E-state index contributed by atoms with van der Waals surface area (Å²) in [6.45, 7) is 2.76. The minimum atomic E-state index is -0.213. The molecule has 0 saturated heterocycles. The second-order valence-electron chi connectivity index (χ2n) is 9.39. The number of ether oxygens (including phenoxy) is 5. The topological polar surface area (TPSA) is 75.3 Å². The number of rotatable bonds is 6. The summed E-state index contributed by atoms with van der Waals surface area (Å²) in [5.74, 6) is 3.50. The number of Topliss-reactive ketones (excluding diaryl/α,β-unsaturated/α-hetero) is 1. The van der Waals surface area contributed by atoms with Crippen LogP contribution >= 0.6 is 0 Å². The Balaban J connectivity index is 1.43. The minimum Gasteiger partial charge on any atom is -0.494 e. The summed E-state index contributed by atoms with van der Waals surface area (Å²) in [4.78, 5) is 13.9. The number of benzene rings is 3. The van der Waals surface area contributed by atoms with Crippen LogP contribution in [0.25, 0.3) is 0 Å². The van der Waals surface area contributed by atoms with Gasteiger partial charge in [-0.05, 0) is 66.3 Å². The fraction of sp³-hybridized carbons (Fsp3) is 0.300. The highest BCUT2D eigenvalue weighted by atomic mass is 16.7. The average molecular weight is 500 g/mol. The first-order valence-electron chi connectivity index (χ1n) is 12.5. The molecular weight excluding hydrogens is 470 g/mol. The van der Waals surface area contributed by atoms with Gasteiger partial charge < -0.3 is 29.0 Å². The lowest BCUT2D eigenvalue weighted by Crippen LogP contribution is -2.29. The molecule has 7 nitrogen and oxygen atoms in total. The maximum Gasteiger partial charge on any atom is 0.231 e. The van der Waals surface area contributed by atoms with Crippen LogP contribution in [0.3, 0.4) is 0 Å². The first-order valence-corrected chi connectivity index (χ1v) is 12.5. The van der Waals surface area contributed by atoms with Crippen LogP contribution in [0.2, 0.25) is 0 Å². The molecule has 37 heavy (non-hydrogen) atoms. The number of allylic oxidation sites excluding steroid dienone is 2. The Kier molecular flexibility index (Phi) is 5.91. The molecule has 0 bridgehead atoms. The predicted molar refractivity (Wildman–Crippen MR) is 139 cm³/mol. The number of methoxy groups -OCH3 is 2. The summed E-state index contributed by atoms with van der Waals surface area (Å²) in [7, 11) is 3.24. The smallest absolute Gasteiger partial charge is 0.231 e. The zero-order valence-electron chi connectivity index (χ0n) is 21.1. The van der Waals surface area contributed by atoms with E-state index in [1.807, 2.05) is 61.5 Å². The standard InChI is InChI=1S/C30H29NO6/c1-4-35-20-8-5-17(6-9-20)29-21-14-27-28(37-16-36-27)15-22(21)31-23-11-19(12-24(32)30(23)29)18-7-10-25(33-2)26(13-18)34-3/h5-10,13-15,19,29,31H,4,11-12,16H2,1-3H3/t19-,29+/m0/s1. The van der Waals surface area contributed by atoms with E-state index in [0.29, 0.717) is 42.4 Å². The maximum absolute atomic E-state index is 13.9. The van der Waals surface area contributed by atoms with Gasteiger partial charge in [0, 0.05) is 35.4 Å². The number of nitrogens with one attached hydrogen (secondary N) is 1. The number of hydrogen-bond donors (Lipinski definition) is 1. The van der Waals surface area contributed by atoms with E-state index in [-0.39, 0.29) is 24.4 Å². The molecule has 0 unspecified atom stereocenters. The fourth-order valence-corrected chi connectivity index (χ4v) is 5.62. The minimum absolute atomic E-state index is 0.0232. The first-order chi connectivity index (χ1) is 18.1. The Bertz CT molecular complexity index is 1390. The van der Waals surface area contributed by atoms with E-state index < -0.39 is 0 Å². The van der Waals surface area contributed by atoms with E-state index in [1.165, 1.54) is 0 Å². The van der Waals surface area contributed by atoms with Crippen molar-refractivity contribution in [1.82, 2.24) is 0 Å². The summed E-state index contributed by atoms with van der Waals surface area (Å²) >= 11 is 0. The van der Waals surface area contributed by atoms with Gasteiger partial charge in [-0.2, -0.15) is 0 Å². The summed E-state index contributed by atoms with van der Waals surface area (Å²) in [5, 5.41) is 3.58. The summed E-state index contributed by atoms with van der Waals surface area (Å²) < 4.78 is 27.9. The number of hydrogen-bond acceptors (Lipinski definition) is 7. The molecule has 1 N–H and O–H groups in total. The summed E-state index contributed by atoms with van der Waals surface area (Å²) in [6.07, 6.45) is 1.13. The van der Waals surface area contributed by atoms with Crippen molar-refractivity contribution in [3.63, 3.8) is 0 Å². The molecule has 0 amide bonds. The summed E-state index contributed by atoms with van der Waals surface area (Å²) in [6, 6.07) is 17.9. The first kappa shape index (κ1) is 23.3. The predicted octanol–water partition coefficient (Wildman–Crippen LogP) is 5.79. The van der Waals surface area contributed by atoms with Crippen molar-refractivity contribution in [3.05, 3.63) is 82.6 Å². The Morgan fingerprint density at radius 1 is 0.892 bits per heavy atom. The van der Waals surface area contributed by atoms with Gasteiger partial charge in [-0.1, -0.05) is 18.2 Å². The third-order valence-corrected chi connectivity index (χ3v) is 7.34. The van der Waals surface area contributed by atoms with Crippen molar-refractivity contribution in [1.29, 1.82) is 0 Å². The molecule has 3 aliphatic rings. The quantitative estimate of drug-likeness (QED) is 0.460. The van der Waals surface area contributed by atoms with Gasteiger partial charge in [0.15, 0.2) is 28.8 Å². The van der Waals surface area contributed by atoms with Gasteiger partial charge in [0.1, 0.15) is 5.75 Å². The van der Waals surface area contributed by atoms with Crippen LogP contribution in [0, 0.1) is 0 Å². The lowest BCUT2D eigenvalue weighted by molar-refractivity contribution is -0.116. The van der Waals surface area contributed by atoms with Crippen molar-refractivity contribution in [3.8, 4) is 28.7 Å². The van der Waals surface area contributed by atoms with Crippen molar-refractivity contribution < 1.29 is 28.5 Å². The molecular formula is C30H29NO6. The third-order valence-electron chi connectivity index (χ3n) is 7.34. The fourth-order valence-electron chi connectivity index (χ4n) is 5.62. The molecule has 3 aromatic rings. The molecule has 1 aliphatic carbocycles. The number of fused-ring (bicyclic) bond motifs is 2. The molecule has 6 rings (SSSR count). The molecule has 0 aromatic heterocycles. The Morgan fingerprint density at radius 3 is 2.35 bits per heavy atom. The van der Waals surface area contributed by atoms with Crippen molar-refractivity contribution in [2.24, 2.45) is 0 Å². The van der Waals surface area contributed by atoms with Gasteiger partial charge in [0.25, 0.3) is 0 Å². The van der Waals surface area contributed by atoms with Gasteiger partial charge in [-0.3, -0.25) is 4.79 Å². The molecule has 2 aliphatic heterocycles. The largest absolute Gasteiger partial charge is 0.494 e. The number of anilines is 1. The Morgan fingerprint density at radius 2 is 1.62 bits per heavy atom. The van der Waals surface area contributed by atoms with Crippen LogP contribution in [-0.2, 0) is 4.79 Å². The zero-order chi connectivity index (χ0) is 25.5. The number of carbonyl (C=O) groups is 1. The molecule has 0 spiro atoms. The molecule has 2 heterocycles. The van der Waals surface area contributed by atoms with E-state index in [1.54, 1.807) is 14.2 Å². The SMILES string of the molecule is CCOc1ccc([C@H]2C3=C(C[C@H](c4ccc(OC)c(OC)c4)CC3=O)Nc3cc4c(cc32)OCO4)cc1. The molecule has 2 atom stereocenters. The van der Waals surface area contributed by atoms with Crippen molar-refractivity contribution in [2.45, 2.75) is 31.6 Å². The Labute approximate surface area is 215 Å². The van der Waals surface area contributed by atoms with Crippen LogP contribution in [0.15, 0.2) is 65.9 Å². The van der Waals surface area contributed by atoms with Gasteiger partial charge in [0.2, 0.25) is 6.79 Å². The lowest BCUT2D eigenvalue weighted by Gasteiger charge is -2.37. The second-order valence-corrected chi connectivity index (χ2v) is 9.39. The van der Waals surface area contributed by atoms with Crippen LogP contribution < -0.4 is 29.0 Å². The molecule has 3 aromatic carbocycles. The van der Waals surface area contributed by atoms with Gasteiger partial charge >= 0.3 is 0 Å². The second kappa shape index (κ2) is 9.39. The number of ketones is 1. The van der Waals surface area contributed by atoms with Crippen molar-refractivity contribution in [2.75, 3.05) is 32.9 Å². The van der Waals surface area contributed by atoms with Gasteiger partial charge in [0.05, 0.1) is 20.8 Å². The molecule has 190 valence electrons.